The van der Waals surface area contributed by atoms with Gasteiger partial charge >= 0.3 is 0 Å². The Morgan fingerprint density at radius 3 is 2.24 bits per heavy atom. The minimum Gasteiger partial charge on any atom is -0.338 e. The molecule has 0 N–H and O–H groups in total. The van der Waals surface area contributed by atoms with Gasteiger partial charge in [0.25, 0.3) is 5.91 Å². The van der Waals surface area contributed by atoms with Gasteiger partial charge in [-0.1, -0.05) is 26.7 Å². The lowest BCUT2D eigenvalue weighted by molar-refractivity contribution is 0.0756. The molecule has 0 aliphatic rings. The first-order valence-electron chi connectivity index (χ1n) is 6.23. The van der Waals surface area contributed by atoms with E-state index in [0.29, 0.717) is 0 Å². The highest BCUT2D eigenvalue weighted by molar-refractivity contribution is 9.11. The summed E-state index contributed by atoms with van der Waals surface area (Å²) in [6.45, 7) is 6.07. The lowest BCUT2D eigenvalue weighted by Gasteiger charge is -2.21. The van der Waals surface area contributed by atoms with E-state index in [1.54, 1.807) is 0 Å². The zero-order valence-electron chi connectivity index (χ0n) is 10.5. The fourth-order valence-corrected chi connectivity index (χ4v) is 2.95. The molecule has 0 aromatic carbocycles. The average molecular weight is 318 g/mol. The van der Waals surface area contributed by atoms with Gasteiger partial charge in [0.15, 0.2) is 0 Å². The first kappa shape index (κ1) is 14.7. The number of thiophene rings is 1. The average Bonchev–Trinajstić information content (AvgIpc) is 2.75. The van der Waals surface area contributed by atoms with Crippen molar-refractivity contribution in [3.8, 4) is 0 Å². The third kappa shape index (κ3) is 4.80. The number of halogens is 1. The molecular formula is C13H20BrNOS. The van der Waals surface area contributed by atoms with Crippen LogP contribution in [0.5, 0.6) is 0 Å². The van der Waals surface area contributed by atoms with Crippen LogP contribution in [0.2, 0.25) is 0 Å². The molecule has 0 spiro atoms. The van der Waals surface area contributed by atoms with Crippen molar-refractivity contribution in [2.75, 3.05) is 13.1 Å². The van der Waals surface area contributed by atoms with Gasteiger partial charge in [0.1, 0.15) is 0 Å². The first-order valence-corrected chi connectivity index (χ1v) is 7.84. The van der Waals surface area contributed by atoms with Crippen molar-refractivity contribution < 1.29 is 4.79 Å². The molecule has 0 unspecified atom stereocenters. The smallest absolute Gasteiger partial charge is 0.263 e. The molecule has 1 aromatic heterocycles. The van der Waals surface area contributed by atoms with Crippen LogP contribution in [0.25, 0.3) is 0 Å². The van der Waals surface area contributed by atoms with E-state index in [1.807, 2.05) is 17.0 Å². The number of hydrogen-bond acceptors (Lipinski definition) is 2. The number of amides is 1. The second-order valence-electron chi connectivity index (χ2n) is 4.10. The summed E-state index contributed by atoms with van der Waals surface area (Å²) >= 11 is 4.92. The zero-order valence-corrected chi connectivity index (χ0v) is 12.9. The molecule has 0 aliphatic heterocycles. The van der Waals surface area contributed by atoms with Gasteiger partial charge in [0.05, 0.1) is 8.66 Å². The van der Waals surface area contributed by atoms with Crippen LogP contribution in [0.1, 0.15) is 49.2 Å². The van der Waals surface area contributed by atoms with Crippen molar-refractivity contribution in [2.45, 2.75) is 39.5 Å². The number of unbranched alkanes of at least 4 members (excludes halogenated alkanes) is 2. The van der Waals surface area contributed by atoms with Gasteiger partial charge in [-0.25, -0.2) is 0 Å². The highest BCUT2D eigenvalue weighted by Gasteiger charge is 2.16. The molecule has 0 bridgehead atoms. The van der Waals surface area contributed by atoms with Crippen LogP contribution in [0.15, 0.2) is 15.9 Å². The van der Waals surface area contributed by atoms with Gasteiger partial charge in [-0.05, 0) is 40.9 Å². The predicted octanol–water partition coefficient (Wildman–Crippen LogP) is 4.55. The van der Waals surface area contributed by atoms with Gasteiger partial charge < -0.3 is 4.90 Å². The number of carbonyl (C=O) groups is 1. The normalized spacial score (nSPS) is 10.5. The molecule has 17 heavy (non-hydrogen) atoms. The molecule has 96 valence electrons. The van der Waals surface area contributed by atoms with Crippen molar-refractivity contribution in [2.24, 2.45) is 0 Å². The van der Waals surface area contributed by atoms with Gasteiger partial charge in [0.2, 0.25) is 0 Å². The molecule has 1 aromatic rings. The van der Waals surface area contributed by atoms with Crippen LogP contribution < -0.4 is 0 Å². The van der Waals surface area contributed by atoms with E-state index in [9.17, 15) is 4.79 Å². The van der Waals surface area contributed by atoms with Crippen LogP contribution in [0.3, 0.4) is 0 Å². The van der Waals surface area contributed by atoms with E-state index in [4.69, 9.17) is 0 Å². The molecule has 4 heteroatoms. The van der Waals surface area contributed by atoms with Crippen LogP contribution in [-0.2, 0) is 0 Å². The van der Waals surface area contributed by atoms with Crippen molar-refractivity contribution in [1.82, 2.24) is 4.90 Å². The van der Waals surface area contributed by atoms with Crippen molar-refractivity contribution in [3.05, 3.63) is 20.8 Å². The Kier molecular flexibility index (Phi) is 6.82. The van der Waals surface area contributed by atoms with E-state index in [-0.39, 0.29) is 5.91 Å². The SMILES string of the molecule is CCCCN(CCCC)C(=O)c1ccc(Br)s1. The number of carbonyl (C=O) groups excluding carboxylic acids is 1. The summed E-state index contributed by atoms with van der Waals surface area (Å²) in [6.07, 6.45) is 4.43. The Morgan fingerprint density at radius 2 is 1.82 bits per heavy atom. The summed E-state index contributed by atoms with van der Waals surface area (Å²) in [7, 11) is 0. The van der Waals surface area contributed by atoms with Crippen LogP contribution in [0.4, 0.5) is 0 Å². The van der Waals surface area contributed by atoms with E-state index >= 15 is 0 Å². The van der Waals surface area contributed by atoms with Gasteiger partial charge in [0, 0.05) is 13.1 Å². The lowest BCUT2D eigenvalue weighted by Crippen LogP contribution is -2.32. The van der Waals surface area contributed by atoms with Gasteiger partial charge in [-0.15, -0.1) is 11.3 Å². The third-order valence-corrected chi connectivity index (χ3v) is 4.25. The Bertz CT molecular complexity index is 343. The second-order valence-corrected chi connectivity index (χ2v) is 6.57. The Labute approximate surface area is 116 Å². The maximum atomic E-state index is 12.3. The van der Waals surface area contributed by atoms with Crippen LogP contribution in [-0.4, -0.2) is 23.9 Å². The van der Waals surface area contributed by atoms with E-state index in [1.165, 1.54) is 11.3 Å². The summed E-state index contributed by atoms with van der Waals surface area (Å²) < 4.78 is 1.02. The van der Waals surface area contributed by atoms with Crippen molar-refractivity contribution in [3.63, 3.8) is 0 Å². The molecule has 0 saturated heterocycles. The third-order valence-electron chi connectivity index (χ3n) is 2.63. The minimum absolute atomic E-state index is 0.183. The Balaban J connectivity index is 2.64. The molecule has 0 aliphatic carbocycles. The van der Waals surface area contributed by atoms with E-state index in [0.717, 1.165) is 47.4 Å². The predicted molar refractivity (Wildman–Crippen MR) is 77.7 cm³/mol. The van der Waals surface area contributed by atoms with E-state index < -0.39 is 0 Å². The molecule has 2 nitrogen and oxygen atoms in total. The molecule has 0 radical (unpaired) electrons. The summed E-state index contributed by atoms with van der Waals surface area (Å²) in [5.41, 5.74) is 0. The molecular weight excluding hydrogens is 298 g/mol. The highest BCUT2D eigenvalue weighted by atomic mass is 79.9. The molecule has 0 atom stereocenters. The molecule has 1 heterocycles. The maximum Gasteiger partial charge on any atom is 0.263 e. The number of hydrogen-bond donors (Lipinski definition) is 0. The maximum absolute atomic E-state index is 12.3. The fraction of sp³-hybridized carbons (Fsp3) is 0.615. The summed E-state index contributed by atoms with van der Waals surface area (Å²) in [5.74, 6) is 0.183. The summed E-state index contributed by atoms with van der Waals surface area (Å²) in [4.78, 5) is 15.1. The van der Waals surface area contributed by atoms with Crippen molar-refractivity contribution >= 4 is 33.2 Å². The Morgan fingerprint density at radius 1 is 1.24 bits per heavy atom. The monoisotopic (exact) mass is 317 g/mol. The molecule has 0 saturated carbocycles. The molecule has 1 amide bonds. The van der Waals surface area contributed by atoms with Gasteiger partial charge in [-0.2, -0.15) is 0 Å². The largest absolute Gasteiger partial charge is 0.338 e. The van der Waals surface area contributed by atoms with Crippen LogP contribution in [0, 0.1) is 0 Å². The number of rotatable bonds is 7. The van der Waals surface area contributed by atoms with Gasteiger partial charge in [-0.3, -0.25) is 4.79 Å². The highest BCUT2D eigenvalue weighted by Crippen LogP contribution is 2.23. The minimum atomic E-state index is 0.183. The van der Waals surface area contributed by atoms with Crippen LogP contribution >= 0.6 is 27.3 Å². The molecule has 0 fully saturated rings. The summed E-state index contributed by atoms with van der Waals surface area (Å²) in [5, 5.41) is 0. The molecule has 1 rings (SSSR count). The first-order chi connectivity index (χ1) is 8.19. The quantitative estimate of drug-likeness (QED) is 0.722. The standard InChI is InChI=1S/C13H20BrNOS/c1-3-5-9-15(10-6-4-2)13(16)11-7-8-12(14)17-11/h7-8H,3-6,9-10H2,1-2H3. The number of nitrogens with zero attached hydrogens (tertiary/aromatic N) is 1. The Hall–Kier alpha value is -0.350. The fourth-order valence-electron chi connectivity index (χ4n) is 1.60. The topological polar surface area (TPSA) is 20.3 Å². The van der Waals surface area contributed by atoms with Crippen molar-refractivity contribution in [1.29, 1.82) is 0 Å². The zero-order chi connectivity index (χ0) is 12.7. The van der Waals surface area contributed by atoms with E-state index in [2.05, 4.69) is 29.8 Å². The second kappa shape index (κ2) is 7.88. The summed E-state index contributed by atoms with van der Waals surface area (Å²) in [6, 6.07) is 3.84. The lowest BCUT2D eigenvalue weighted by atomic mass is 10.2.